The molecule has 1 aromatic heterocycles. The molecule has 1 aliphatic rings. The number of rotatable bonds is 5. The molecule has 2 aromatic rings. The number of benzene rings is 1. The van der Waals surface area contributed by atoms with Crippen molar-refractivity contribution < 1.29 is 0 Å². The van der Waals surface area contributed by atoms with Crippen LogP contribution < -0.4 is 5.32 Å². The third-order valence-electron chi connectivity index (χ3n) is 4.26. The lowest BCUT2D eigenvalue weighted by atomic mass is 9.87. The van der Waals surface area contributed by atoms with Crippen LogP contribution in [-0.2, 0) is 6.42 Å². The van der Waals surface area contributed by atoms with Crippen LogP contribution in [0.5, 0.6) is 0 Å². The molecule has 1 fully saturated rings. The second kappa shape index (κ2) is 6.80. The van der Waals surface area contributed by atoms with Crippen molar-refractivity contribution in [2.75, 3.05) is 13.1 Å². The summed E-state index contributed by atoms with van der Waals surface area (Å²) in [5.74, 6) is 0.518. The van der Waals surface area contributed by atoms with Gasteiger partial charge < -0.3 is 5.32 Å². The van der Waals surface area contributed by atoms with Gasteiger partial charge in [0, 0.05) is 6.54 Å². The largest absolute Gasteiger partial charge is 0.316 e. The van der Waals surface area contributed by atoms with Crippen LogP contribution in [0.1, 0.15) is 43.4 Å². The molecule has 1 aliphatic heterocycles. The van der Waals surface area contributed by atoms with Crippen molar-refractivity contribution in [1.29, 1.82) is 0 Å². The van der Waals surface area contributed by atoms with Gasteiger partial charge in [-0.15, -0.1) is 10.2 Å². The van der Waals surface area contributed by atoms with Gasteiger partial charge in [-0.2, -0.15) is 4.80 Å². The molecule has 0 radical (unpaired) electrons. The molecular weight excluding hydrogens is 262 g/mol. The molecule has 1 N–H and O–H groups in total. The minimum atomic E-state index is 0.177. The number of nitrogens with one attached hydrogen (secondary N) is 1. The van der Waals surface area contributed by atoms with E-state index in [2.05, 4.69) is 51.9 Å². The Morgan fingerprint density at radius 3 is 2.81 bits per heavy atom. The Morgan fingerprint density at radius 1 is 1.33 bits per heavy atom. The molecule has 1 saturated heterocycles. The molecule has 5 heteroatoms. The van der Waals surface area contributed by atoms with Crippen LogP contribution in [0, 0.1) is 5.92 Å². The fraction of sp³-hybridized carbons (Fsp3) is 0.562. The molecule has 1 unspecified atom stereocenters. The summed E-state index contributed by atoms with van der Waals surface area (Å²) in [6.07, 6.45) is 6.26. The average molecular weight is 285 g/mol. The molecule has 0 aliphatic carbocycles. The maximum absolute atomic E-state index is 4.29. The fourth-order valence-electron chi connectivity index (χ4n) is 3.22. The number of tetrazole rings is 1. The summed E-state index contributed by atoms with van der Waals surface area (Å²) in [5.41, 5.74) is 2.68. The van der Waals surface area contributed by atoms with Gasteiger partial charge in [-0.1, -0.05) is 37.6 Å². The molecular formula is C16H23N5. The Bertz CT molecular complexity index is 528. The van der Waals surface area contributed by atoms with Gasteiger partial charge in [-0.05, 0) is 48.1 Å². The summed E-state index contributed by atoms with van der Waals surface area (Å²) in [7, 11) is 0. The van der Waals surface area contributed by atoms with E-state index in [-0.39, 0.29) is 6.04 Å². The van der Waals surface area contributed by atoms with Gasteiger partial charge in [-0.3, -0.25) is 0 Å². The quantitative estimate of drug-likeness (QED) is 0.915. The van der Waals surface area contributed by atoms with E-state index in [4.69, 9.17) is 0 Å². The zero-order valence-corrected chi connectivity index (χ0v) is 12.6. The van der Waals surface area contributed by atoms with Gasteiger partial charge in [0.15, 0.2) is 6.33 Å². The lowest BCUT2D eigenvalue weighted by Gasteiger charge is -2.30. The van der Waals surface area contributed by atoms with Gasteiger partial charge in [0.25, 0.3) is 0 Å². The molecule has 0 spiro atoms. The summed E-state index contributed by atoms with van der Waals surface area (Å²) in [6, 6.07) is 9.11. The lowest BCUT2D eigenvalue weighted by Crippen LogP contribution is -2.36. The van der Waals surface area contributed by atoms with Crippen molar-refractivity contribution >= 4 is 0 Å². The van der Waals surface area contributed by atoms with E-state index >= 15 is 0 Å². The number of nitrogens with zero attached hydrogens (tertiary/aromatic N) is 4. The topological polar surface area (TPSA) is 55.6 Å². The van der Waals surface area contributed by atoms with E-state index in [1.54, 1.807) is 4.80 Å². The Hall–Kier alpha value is -1.75. The van der Waals surface area contributed by atoms with Crippen LogP contribution in [0.15, 0.2) is 30.6 Å². The summed E-state index contributed by atoms with van der Waals surface area (Å²) >= 11 is 0. The second-order valence-electron chi connectivity index (χ2n) is 5.80. The minimum Gasteiger partial charge on any atom is -0.316 e. The van der Waals surface area contributed by atoms with E-state index in [1.807, 2.05) is 0 Å². The highest BCUT2D eigenvalue weighted by Gasteiger charge is 2.28. The average Bonchev–Trinajstić information content (AvgIpc) is 3.05. The Morgan fingerprint density at radius 2 is 2.19 bits per heavy atom. The summed E-state index contributed by atoms with van der Waals surface area (Å²) < 4.78 is 0. The van der Waals surface area contributed by atoms with Crippen molar-refractivity contribution in [1.82, 2.24) is 25.5 Å². The van der Waals surface area contributed by atoms with Crippen molar-refractivity contribution in [2.45, 2.75) is 38.6 Å². The van der Waals surface area contributed by atoms with Crippen LogP contribution in [0.3, 0.4) is 0 Å². The monoisotopic (exact) mass is 285 g/mol. The van der Waals surface area contributed by atoms with Crippen LogP contribution in [0.2, 0.25) is 0 Å². The highest BCUT2D eigenvalue weighted by atomic mass is 15.6. The summed E-state index contributed by atoms with van der Waals surface area (Å²) in [6.45, 7) is 4.34. The molecule has 0 amide bonds. The number of aromatic nitrogens is 4. The molecule has 112 valence electrons. The Kier molecular flexibility index (Phi) is 4.60. The van der Waals surface area contributed by atoms with Gasteiger partial charge in [0.1, 0.15) is 6.04 Å². The van der Waals surface area contributed by atoms with E-state index in [0.717, 1.165) is 19.5 Å². The van der Waals surface area contributed by atoms with E-state index in [1.165, 1.54) is 36.7 Å². The number of hydrogen-bond acceptors (Lipinski definition) is 4. The highest BCUT2D eigenvalue weighted by molar-refractivity contribution is 5.26. The van der Waals surface area contributed by atoms with E-state index in [0.29, 0.717) is 5.92 Å². The maximum Gasteiger partial charge on any atom is 0.162 e. The number of hydrogen-bond donors (Lipinski definition) is 1. The molecule has 0 saturated carbocycles. The van der Waals surface area contributed by atoms with Crippen molar-refractivity contribution in [3.63, 3.8) is 0 Å². The Balaban J connectivity index is 1.87. The fourth-order valence-corrected chi connectivity index (χ4v) is 3.22. The van der Waals surface area contributed by atoms with Crippen LogP contribution in [0.4, 0.5) is 0 Å². The molecule has 21 heavy (non-hydrogen) atoms. The third kappa shape index (κ3) is 3.29. The minimum absolute atomic E-state index is 0.177. The number of aryl methyl sites for hydroxylation is 1. The highest BCUT2D eigenvalue weighted by Crippen LogP contribution is 2.30. The standard InChI is InChI=1S/C16H23N5/c1-2-4-13-6-8-14(9-7-13)16(21-19-12-18-20-21)15-5-3-10-17-11-15/h6-9,12,15-17H,2-5,10-11H2,1H3/t15?,16-/m1/s1. The first kappa shape index (κ1) is 14.2. The predicted octanol–water partition coefficient (Wildman–Crippen LogP) is 2.21. The molecule has 3 rings (SSSR count). The molecule has 0 bridgehead atoms. The second-order valence-corrected chi connectivity index (χ2v) is 5.80. The smallest absolute Gasteiger partial charge is 0.162 e. The van der Waals surface area contributed by atoms with Gasteiger partial charge >= 0.3 is 0 Å². The zero-order valence-electron chi connectivity index (χ0n) is 12.6. The SMILES string of the molecule is CCCc1ccc([C@H](C2CCCNC2)n2ncnn2)cc1. The van der Waals surface area contributed by atoms with Crippen molar-refractivity contribution in [2.24, 2.45) is 5.92 Å². The molecule has 2 heterocycles. The summed E-state index contributed by atoms with van der Waals surface area (Å²) in [5, 5.41) is 15.8. The molecule has 1 aromatic carbocycles. The molecule has 2 atom stereocenters. The van der Waals surface area contributed by atoms with E-state index < -0.39 is 0 Å². The van der Waals surface area contributed by atoms with Gasteiger partial charge in [0.05, 0.1) is 0 Å². The normalized spacial score (nSPS) is 20.3. The maximum atomic E-state index is 4.29. The predicted molar refractivity (Wildman–Crippen MR) is 82.0 cm³/mol. The van der Waals surface area contributed by atoms with Crippen LogP contribution in [-0.4, -0.2) is 33.3 Å². The third-order valence-corrected chi connectivity index (χ3v) is 4.26. The van der Waals surface area contributed by atoms with Crippen LogP contribution in [0.25, 0.3) is 0 Å². The van der Waals surface area contributed by atoms with Crippen LogP contribution >= 0.6 is 0 Å². The van der Waals surface area contributed by atoms with Gasteiger partial charge in [-0.25, -0.2) is 0 Å². The lowest BCUT2D eigenvalue weighted by molar-refractivity contribution is 0.261. The van der Waals surface area contributed by atoms with Gasteiger partial charge in [0.2, 0.25) is 0 Å². The first-order valence-electron chi connectivity index (χ1n) is 7.90. The summed E-state index contributed by atoms with van der Waals surface area (Å²) in [4.78, 5) is 1.77. The van der Waals surface area contributed by atoms with Crippen molar-refractivity contribution in [3.8, 4) is 0 Å². The van der Waals surface area contributed by atoms with Crippen molar-refractivity contribution in [3.05, 3.63) is 41.7 Å². The first-order valence-corrected chi connectivity index (χ1v) is 7.90. The zero-order chi connectivity index (χ0) is 14.5. The molecule has 5 nitrogen and oxygen atoms in total. The number of piperidine rings is 1. The van der Waals surface area contributed by atoms with E-state index in [9.17, 15) is 0 Å². The Labute approximate surface area is 125 Å². The first-order chi connectivity index (χ1) is 10.4.